The first-order chi connectivity index (χ1) is 6.29. The van der Waals surface area contributed by atoms with Crippen LogP contribution in [0.5, 0.6) is 0 Å². The van der Waals surface area contributed by atoms with Crippen LogP contribution in [0.4, 0.5) is 0 Å². The van der Waals surface area contributed by atoms with Gasteiger partial charge in [-0.1, -0.05) is 0 Å². The minimum absolute atomic E-state index is 0.000509. The molecule has 1 aliphatic rings. The molecule has 70 valence electrons. The molecule has 0 bridgehead atoms. The van der Waals surface area contributed by atoms with E-state index < -0.39 is 0 Å². The SMILES string of the molecule is Cn1ccnc1C1NCCNC1=O. The van der Waals surface area contributed by atoms with Crippen molar-refractivity contribution in [1.82, 2.24) is 20.2 Å². The quantitative estimate of drug-likeness (QED) is 0.593. The summed E-state index contributed by atoms with van der Waals surface area (Å²) in [6.45, 7) is 1.49. The van der Waals surface area contributed by atoms with Gasteiger partial charge in [0.2, 0.25) is 5.91 Å². The van der Waals surface area contributed by atoms with E-state index in [1.165, 1.54) is 0 Å². The zero-order valence-corrected chi connectivity index (χ0v) is 7.45. The second-order valence-corrected chi connectivity index (χ2v) is 3.07. The van der Waals surface area contributed by atoms with E-state index in [0.717, 1.165) is 12.4 Å². The Morgan fingerprint density at radius 1 is 1.62 bits per heavy atom. The van der Waals surface area contributed by atoms with Crippen LogP contribution >= 0.6 is 0 Å². The van der Waals surface area contributed by atoms with Crippen LogP contribution in [0.2, 0.25) is 0 Å². The maximum atomic E-state index is 11.4. The Labute approximate surface area is 76.2 Å². The van der Waals surface area contributed by atoms with Gasteiger partial charge in [-0.3, -0.25) is 10.1 Å². The van der Waals surface area contributed by atoms with Crippen molar-refractivity contribution in [3.05, 3.63) is 18.2 Å². The fraction of sp³-hybridized carbons (Fsp3) is 0.500. The molecule has 1 amide bonds. The van der Waals surface area contributed by atoms with Gasteiger partial charge < -0.3 is 9.88 Å². The molecule has 0 aromatic carbocycles. The van der Waals surface area contributed by atoms with Gasteiger partial charge in [-0.25, -0.2) is 4.98 Å². The highest BCUT2D eigenvalue weighted by Crippen LogP contribution is 2.10. The molecule has 0 spiro atoms. The van der Waals surface area contributed by atoms with Gasteiger partial charge in [-0.15, -0.1) is 0 Å². The summed E-state index contributed by atoms with van der Waals surface area (Å²) in [6.07, 6.45) is 3.53. The fourth-order valence-electron chi connectivity index (χ4n) is 1.46. The molecule has 2 rings (SSSR count). The van der Waals surface area contributed by atoms with Crippen molar-refractivity contribution in [2.24, 2.45) is 7.05 Å². The van der Waals surface area contributed by atoms with Crippen molar-refractivity contribution in [2.45, 2.75) is 6.04 Å². The first-order valence-electron chi connectivity index (χ1n) is 4.27. The molecular formula is C8H12N4O. The number of aromatic nitrogens is 2. The third kappa shape index (κ3) is 1.42. The van der Waals surface area contributed by atoms with Gasteiger partial charge in [-0.05, 0) is 0 Å². The first-order valence-corrected chi connectivity index (χ1v) is 4.27. The summed E-state index contributed by atoms with van der Waals surface area (Å²) < 4.78 is 1.85. The molecule has 0 saturated carbocycles. The van der Waals surface area contributed by atoms with E-state index in [0.29, 0.717) is 6.54 Å². The molecule has 1 aromatic rings. The summed E-state index contributed by atoms with van der Waals surface area (Å²) in [7, 11) is 1.88. The lowest BCUT2D eigenvalue weighted by atomic mass is 10.2. The predicted molar refractivity (Wildman–Crippen MR) is 47.0 cm³/mol. The van der Waals surface area contributed by atoms with E-state index in [1.807, 2.05) is 17.8 Å². The molecule has 5 heteroatoms. The number of aryl methyl sites for hydroxylation is 1. The minimum Gasteiger partial charge on any atom is -0.353 e. The zero-order chi connectivity index (χ0) is 9.26. The number of hydrogen-bond acceptors (Lipinski definition) is 3. The second kappa shape index (κ2) is 3.18. The molecule has 1 unspecified atom stereocenters. The van der Waals surface area contributed by atoms with E-state index in [-0.39, 0.29) is 11.9 Å². The second-order valence-electron chi connectivity index (χ2n) is 3.07. The van der Waals surface area contributed by atoms with Crippen molar-refractivity contribution in [2.75, 3.05) is 13.1 Å². The zero-order valence-electron chi connectivity index (χ0n) is 7.45. The monoisotopic (exact) mass is 180 g/mol. The van der Waals surface area contributed by atoms with E-state index in [1.54, 1.807) is 6.20 Å². The van der Waals surface area contributed by atoms with Crippen LogP contribution < -0.4 is 10.6 Å². The summed E-state index contributed by atoms with van der Waals surface area (Å²) in [5.41, 5.74) is 0. The van der Waals surface area contributed by atoms with Crippen molar-refractivity contribution in [3.8, 4) is 0 Å². The van der Waals surface area contributed by atoms with Gasteiger partial charge in [0.25, 0.3) is 0 Å². The predicted octanol–water partition coefficient (Wildman–Crippen LogP) is -0.819. The maximum Gasteiger partial charge on any atom is 0.245 e. The lowest BCUT2D eigenvalue weighted by Gasteiger charge is -2.22. The number of amides is 1. The number of carbonyl (C=O) groups excluding carboxylic acids is 1. The lowest BCUT2D eigenvalue weighted by Crippen LogP contribution is -2.48. The largest absolute Gasteiger partial charge is 0.353 e. The Morgan fingerprint density at radius 2 is 2.46 bits per heavy atom. The van der Waals surface area contributed by atoms with Crippen LogP contribution in [0.1, 0.15) is 11.9 Å². The number of nitrogens with zero attached hydrogens (tertiary/aromatic N) is 2. The number of hydrogen-bond donors (Lipinski definition) is 2. The van der Waals surface area contributed by atoms with Gasteiger partial charge in [0, 0.05) is 32.5 Å². The van der Waals surface area contributed by atoms with Crippen molar-refractivity contribution in [1.29, 1.82) is 0 Å². The van der Waals surface area contributed by atoms with E-state index >= 15 is 0 Å². The Morgan fingerprint density at radius 3 is 3.08 bits per heavy atom. The molecule has 1 aliphatic heterocycles. The summed E-state index contributed by atoms with van der Waals surface area (Å²) in [5, 5.41) is 5.91. The van der Waals surface area contributed by atoms with Gasteiger partial charge in [0.15, 0.2) is 0 Å². The van der Waals surface area contributed by atoms with Crippen molar-refractivity contribution in [3.63, 3.8) is 0 Å². The third-order valence-electron chi connectivity index (χ3n) is 2.15. The molecule has 0 radical (unpaired) electrons. The Kier molecular flexibility index (Phi) is 2.02. The highest BCUT2D eigenvalue weighted by molar-refractivity contribution is 5.83. The van der Waals surface area contributed by atoms with Crippen LogP contribution in [0.15, 0.2) is 12.4 Å². The molecule has 2 N–H and O–H groups in total. The van der Waals surface area contributed by atoms with Gasteiger partial charge in [0.05, 0.1) is 0 Å². The lowest BCUT2D eigenvalue weighted by molar-refractivity contribution is -0.124. The topological polar surface area (TPSA) is 59.0 Å². The maximum absolute atomic E-state index is 11.4. The normalized spacial score (nSPS) is 22.8. The van der Waals surface area contributed by atoms with Crippen LogP contribution in [0.25, 0.3) is 0 Å². The highest BCUT2D eigenvalue weighted by Gasteiger charge is 2.25. The summed E-state index contributed by atoms with van der Waals surface area (Å²) >= 11 is 0. The molecule has 2 heterocycles. The average Bonchev–Trinajstić information content (AvgIpc) is 2.52. The number of nitrogens with one attached hydrogen (secondary N) is 2. The molecule has 1 fully saturated rings. The van der Waals surface area contributed by atoms with Gasteiger partial charge >= 0.3 is 0 Å². The molecular weight excluding hydrogens is 168 g/mol. The summed E-state index contributed by atoms with van der Waals surface area (Å²) in [5.74, 6) is 0.762. The fourth-order valence-corrected chi connectivity index (χ4v) is 1.46. The van der Waals surface area contributed by atoms with Gasteiger partial charge in [-0.2, -0.15) is 0 Å². The number of rotatable bonds is 1. The first kappa shape index (κ1) is 8.25. The number of carbonyl (C=O) groups is 1. The van der Waals surface area contributed by atoms with Crippen LogP contribution in [-0.2, 0) is 11.8 Å². The van der Waals surface area contributed by atoms with Crippen LogP contribution in [0.3, 0.4) is 0 Å². The molecule has 1 atom stereocenters. The van der Waals surface area contributed by atoms with Crippen LogP contribution in [-0.4, -0.2) is 28.5 Å². The molecule has 13 heavy (non-hydrogen) atoms. The molecule has 5 nitrogen and oxygen atoms in total. The standard InChI is InChI=1S/C8H12N4O/c1-12-5-4-10-7(12)6-8(13)11-3-2-9-6/h4-6,9H,2-3H2,1H3,(H,11,13). The Hall–Kier alpha value is -1.36. The summed E-state index contributed by atoms with van der Waals surface area (Å²) in [6, 6.07) is -0.297. The highest BCUT2D eigenvalue weighted by atomic mass is 16.2. The number of imidazole rings is 1. The Bertz CT molecular complexity index is 320. The molecule has 0 aliphatic carbocycles. The number of piperazine rings is 1. The third-order valence-corrected chi connectivity index (χ3v) is 2.15. The van der Waals surface area contributed by atoms with Gasteiger partial charge in [0.1, 0.15) is 11.9 Å². The minimum atomic E-state index is -0.297. The van der Waals surface area contributed by atoms with E-state index in [2.05, 4.69) is 15.6 Å². The van der Waals surface area contributed by atoms with E-state index in [4.69, 9.17) is 0 Å². The molecule has 1 saturated heterocycles. The summed E-state index contributed by atoms with van der Waals surface area (Å²) in [4.78, 5) is 15.5. The molecule has 1 aromatic heterocycles. The Balaban J connectivity index is 2.24. The smallest absolute Gasteiger partial charge is 0.245 e. The van der Waals surface area contributed by atoms with E-state index in [9.17, 15) is 4.79 Å². The average molecular weight is 180 g/mol. The van der Waals surface area contributed by atoms with Crippen LogP contribution in [0, 0.1) is 0 Å². The van der Waals surface area contributed by atoms with Crippen molar-refractivity contribution < 1.29 is 4.79 Å². The van der Waals surface area contributed by atoms with Crippen molar-refractivity contribution >= 4 is 5.91 Å².